The van der Waals surface area contributed by atoms with Crippen molar-refractivity contribution < 1.29 is 22.8 Å². The Balaban J connectivity index is 1.34. The summed E-state index contributed by atoms with van der Waals surface area (Å²) in [5.41, 5.74) is -0.0224. The summed E-state index contributed by atoms with van der Waals surface area (Å²) in [6.07, 6.45) is 5.48. The highest BCUT2D eigenvalue weighted by Gasteiger charge is 2.48. The molecule has 2 aliphatic rings. The lowest BCUT2D eigenvalue weighted by molar-refractivity contribution is -0.146. The zero-order chi connectivity index (χ0) is 25.7. The Hall–Kier alpha value is -2.94. The highest BCUT2D eigenvalue weighted by atomic mass is 19.2. The summed E-state index contributed by atoms with van der Waals surface area (Å²) in [7, 11) is 0. The van der Waals surface area contributed by atoms with Gasteiger partial charge in [0.1, 0.15) is 5.54 Å². The Morgan fingerprint density at radius 3 is 2.50 bits per heavy atom. The minimum absolute atomic E-state index is 0.157. The van der Waals surface area contributed by atoms with Crippen LogP contribution in [0.2, 0.25) is 0 Å². The molecule has 9 heteroatoms. The predicted molar refractivity (Wildman–Crippen MR) is 130 cm³/mol. The molecule has 36 heavy (non-hydrogen) atoms. The summed E-state index contributed by atoms with van der Waals surface area (Å²) in [5, 5.41) is 2.96. The van der Waals surface area contributed by atoms with Crippen LogP contribution < -0.4 is 5.32 Å². The maximum absolute atomic E-state index is 14.1. The molecule has 3 heterocycles. The van der Waals surface area contributed by atoms with Crippen LogP contribution in [0.3, 0.4) is 0 Å². The Kier molecular flexibility index (Phi) is 8.28. The first kappa shape index (κ1) is 26.1. The molecule has 2 fully saturated rings. The van der Waals surface area contributed by atoms with E-state index >= 15 is 0 Å². The Bertz CT molecular complexity index is 1070. The molecule has 0 saturated carbocycles. The van der Waals surface area contributed by atoms with Gasteiger partial charge < -0.3 is 15.1 Å². The summed E-state index contributed by atoms with van der Waals surface area (Å²) in [6, 6.07) is 6.64. The average molecular weight is 503 g/mol. The van der Waals surface area contributed by atoms with Crippen LogP contribution >= 0.6 is 0 Å². The van der Waals surface area contributed by atoms with E-state index in [1.165, 1.54) is 17.0 Å². The fourth-order valence-corrected chi connectivity index (χ4v) is 5.54. The molecule has 194 valence electrons. The normalized spacial score (nSPS) is 18.9. The summed E-state index contributed by atoms with van der Waals surface area (Å²) in [5.74, 6) is -2.65. The van der Waals surface area contributed by atoms with Gasteiger partial charge in [-0.2, -0.15) is 4.39 Å². The zero-order valence-corrected chi connectivity index (χ0v) is 20.6. The van der Waals surface area contributed by atoms with Gasteiger partial charge in [-0.1, -0.05) is 19.1 Å². The lowest BCUT2D eigenvalue weighted by Gasteiger charge is -2.40. The van der Waals surface area contributed by atoms with E-state index in [1.54, 1.807) is 19.2 Å². The average Bonchev–Trinajstić information content (AvgIpc) is 3.32. The molecule has 2 aliphatic heterocycles. The molecule has 0 spiro atoms. The van der Waals surface area contributed by atoms with Crippen molar-refractivity contribution in [1.29, 1.82) is 0 Å². The van der Waals surface area contributed by atoms with E-state index in [0.717, 1.165) is 56.6 Å². The number of piperidine rings is 1. The first-order valence-electron chi connectivity index (χ1n) is 12.7. The lowest BCUT2D eigenvalue weighted by atomic mass is 9.84. The van der Waals surface area contributed by atoms with E-state index < -0.39 is 23.1 Å². The van der Waals surface area contributed by atoms with Gasteiger partial charge in [0.15, 0.2) is 11.6 Å². The van der Waals surface area contributed by atoms with Crippen molar-refractivity contribution in [2.24, 2.45) is 0 Å². The minimum atomic E-state index is -1.37. The van der Waals surface area contributed by atoms with Crippen LogP contribution in [0, 0.1) is 17.6 Å². The maximum atomic E-state index is 14.1. The highest BCUT2D eigenvalue weighted by molar-refractivity contribution is 5.93. The number of aromatic nitrogens is 1. The van der Waals surface area contributed by atoms with Crippen LogP contribution in [0.25, 0.3) is 0 Å². The van der Waals surface area contributed by atoms with E-state index in [2.05, 4.69) is 15.2 Å². The third kappa shape index (κ3) is 5.40. The van der Waals surface area contributed by atoms with Gasteiger partial charge >= 0.3 is 0 Å². The van der Waals surface area contributed by atoms with Gasteiger partial charge in [-0.05, 0) is 87.0 Å². The molecule has 6 nitrogen and oxygen atoms in total. The first-order chi connectivity index (χ1) is 17.3. The monoisotopic (exact) mass is 502 g/mol. The van der Waals surface area contributed by atoms with Crippen LogP contribution in [0.5, 0.6) is 0 Å². The second kappa shape index (κ2) is 11.4. The second-order valence-electron chi connectivity index (χ2n) is 9.63. The van der Waals surface area contributed by atoms with Crippen LogP contribution in [0.1, 0.15) is 62.5 Å². The SMILES string of the molecule is CCC(C(=O)NCCCN1CCC(c2ccc(F)nc2)CC1)(c1ccc(F)c(F)c1)N1CCCC1=O. The standard InChI is InChI=1S/C27H33F3N4O2/c1-2-27(34-14-3-5-25(34)35,21-7-8-22(28)23(29)17-21)26(36)31-12-4-13-33-15-10-19(11-16-33)20-6-9-24(30)32-18-20/h6-9,17-19H,2-5,10-16H2,1H3,(H,31,36). The molecule has 2 saturated heterocycles. The van der Waals surface area contributed by atoms with Crippen LogP contribution in [0.4, 0.5) is 13.2 Å². The van der Waals surface area contributed by atoms with Gasteiger partial charge in [-0.25, -0.2) is 13.8 Å². The molecule has 1 aromatic heterocycles. The molecule has 1 N–H and O–H groups in total. The first-order valence-corrected chi connectivity index (χ1v) is 12.7. The van der Waals surface area contributed by atoms with Gasteiger partial charge in [0.2, 0.25) is 11.9 Å². The van der Waals surface area contributed by atoms with Crippen molar-refractivity contribution >= 4 is 11.8 Å². The summed E-state index contributed by atoms with van der Waals surface area (Å²) in [6.45, 7) is 5.22. The lowest BCUT2D eigenvalue weighted by Crippen LogP contribution is -2.57. The topological polar surface area (TPSA) is 65.5 Å². The number of rotatable bonds is 9. The number of likely N-dealkylation sites (tertiary alicyclic amines) is 2. The number of hydrogen-bond acceptors (Lipinski definition) is 4. The quantitative estimate of drug-likeness (QED) is 0.414. The molecular weight excluding hydrogens is 469 g/mol. The molecular formula is C27H33F3N4O2. The predicted octanol–water partition coefficient (Wildman–Crippen LogP) is 4.11. The number of halogens is 3. The number of benzene rings is 1. The zero-order valence-electron chi connectivity index (χ0n) is 20.6. The van der Waals surface area contributed by atoms with Crippen LogP contribution in [0.15, 0.2) is 36.5 Å². The smallest absolute Gasteiger partial charge is 0.250 e. The Morgan fingerprint density at radius 2 is 1.89 bits per heavy atom. The van der Waals surface area contributed by atoms with Crippen molar-refractivity contribution in [3.05, 3.63) is 65.2 Å². The fraction of sp³-hybridized carbons (Fsp3) is 0.519. The number of nitrogens with one attached hydrogen (secondary N) is 1. The third-order valence-electron chi connectivity index (χ3n) is 7.56. The largest absolute Gasteiger partial charge is 0.354 e. The fourth-order valence-electron chi connectivity index (χ4n) is 5.54. The van der Waals surface area contributed by atoms with Crippen molar-refractivity contribution in [2.45, 2.75) is 56.9 Å². The van der Waals surface area contributed by atoms with Gasteiger partial charge in [0.05, 0.1) is 0 Å². The van der Waals surface area contributed by atoms with Crippen molar-refractivity contribution in [3.8, 4) is 0 Å². The van der Waals surface area contributed by atoms with Gasteiger partial charge in [0.25, 0.3) is 5.91 Å². The molecule has 2 amide bonds. The summed E-state index contributed by atoms with van der Waals surface area (Å²) < 4.78 is 40.8. The Morgan fingerprint density at radius 1 is 1.11 bits per heavy atom. The molecule has 1 aromatic carbocycles. The summed E-state index contributed by atoms with van der Waals surface area (Å²) in [4.78, 5) is 33.8. The van der Waals surface area contributed by atoms with E-state index in [-0.39, 0.29) is 23.8 Å². The second-order valence-corrected chi connectivity index (χ2v) is 9.63. The van der Waals surface area contributed by atoms with E-state index in [0.29, 0.717) is 31.8 Å². The number of amides is 2. The number of nitrogens with zero attached hydrogens (tertiary/aromatic N) is 3. The van der Waals surface area contributed by atoms with Crippen LogP contribution in [-0.4, -0.2) is 59.3 Å². The van der Waals surface area contributed by atoms with Gasteiger partial charge in [0, 0.05) is 25.7 Å². The maximum Gasteiger partial charge on any atom is 0.250 e. The molecule has 1 atom stereocenters. The molecule has 0 aliphatic carbocycles. The number of carbonyl (C=O) groups is 2. The molecule has 0 bridgehead atoms. The Labute approximate surface area is 209 Å². The highest BCUT2D eigenvalue weighted by Crippen LogP contribution is 2.37. The van der Waals surface area contributed by atoms with Crippen molar-refractivity contribution in [2.75, 3.05) is 32.7 Å². The van der Waals surface area contributed by atoms with E-state index in [4.69, 9.17) is 0 Å². The van der Waals surface area contributed by atoms with Crippen molar-refractivity contribution in [1.82, 2.24) is 20.1 Å². The number of carbonyl (C=O) groups excluding carboxylic acids is 2. The summed E-state index contributed by atoms with van der Waals surface area (Å²) >= 11 is 0. The van der Waals surface area contributed by atoms with E-state index in [9.17, 15) is 22.8 Å². The minimum Gasteiger partial charge on any atom is -0.354 e. The number of pyridine rings is 1. The van der Waals surface area contributed by atoms with Crippen LogP contribution in [-0.2, 0) is 15.1 Å². The van der Waals surface area contributed by atoms with Gasteiger partial charge in [-0.15, -0.1) is 0 Å². The molecule has 1 unspecified atom stereocenters. The molecule has 0 radical (unpaired) electrons. The van der Waals surface area contributed by atoms with E-state index in [1.807, 2.05) is 0 Å². The van der Waals surface area contributed by atoms with Crippen molar-refractivity contribution in [3.63, 3.8) is 0 Å². The molecule has 2 aromatic rings. The van der Waals surface area contributed by atoms with Gasteiger partial charge in [-0.3, -0.25) is 9.59 Å². The number of hydrogen-bond donors (Lipinski definition) is 1. The molecule has 4 rings (SSSR count). The third-order valence-corrected chi connectivity index (χ3v) is 7.56.